The van der Waals surface area contributed by atoms with Gasteiger partial charge >= 0.3 is 12.0 Å². The smallest absolute Gasteiger partial charge is 0.338 e. The van der Waals surface area contributed by atoms with Gasteiger partial charge < -0.3 is 24.8 Å². The van der Waals surface area contributed by atoms with Crippen molar-refractivity contribution in [2.24, 2.45) is 0 Å². The Morgan fingerprint density at radius 3 is 2.67 bits per heavy atom. The van der Waals surface area contributed by atoms with Crippen molar-refractivity contribution in [2.75, 3.05) is 20.8 Å². The van der Waals surface area contributed by atoms with Crippen molar-refractivity contribution in [3.8, 4) is 11.5 Å². The van der Waals surface area contributed by atoms with Crippen molar-refractivity contribution in [1.82, 2.24) is 10.6 Å². The van der Waals surface area contributed by atoms with E-state index in [1.807, 2.05) is 0 Å². The van der Waals surface area contributed by atoms with E-state index in [-0.39, 0.29) is 12.6 Å². The molecule has 7 heteroatoms. The molecule has 0 bridgehead atoms. The van der Waals surface area contributed by atoms with Crippen molar-refractivity contribution in [1.29, 1.82) is 0 Å². The molecule has 21 heavy (non-hydrogen) atoms. The maximum Gasteiger partial charge on any atom is 0.338 e. The summed E-state index contributed by atoms with van der Waals surface area (Å²) >= 11 is 0. The van der Waals surface area contributed by atoms with E-state index in [0.717, 1.165) is 0 Å². The zero-order valence-corrected chi connectivity index (χ0v) is 11.6. The number of ether oxygens (including phenoxy) is 3. The van der Waals surface area contributed by atoms with Gasteiger partial charge in [-0.2, -0.15) is 0 Å². The molecule has 0 aromatic heterocycles. The molecule has 1 atom stereocenters. The van der Waals surface area contributed by atoms with E-state index in [1.165, 1.54) is 7.11 Å². The Bertz CT molecular complexity index is 653. The lowest BCUT2D eigenvalue weighted by Crippen LogP contribution is -2.44. The van der Waals surface area contributed by atoms with E-state index in [1.54, 1.807) is 25.3 Å². The average Bonchev–Trinajstić information content (AvgIpc) is 2.86. The normalized spacial score (nSPS) is 20.4. The summed E-state index contributed by atoms with van der Waals surface area (Å²) in [6, 6.07) is 4.29. The first-order valence-corrected chi connectivity index (χ1v) is 6.33. The predicted molar refractivity (Wildman–Crippen MR) is 71.9 cm³/mol. The summed E-state index contributed by atoms with van der Waals surface area (Å²) in [6.45, 7) is 0.0887. The number of hydrogen-bond acceptors (Lipinski definition) is 5. The molecule has 0 saturated heterocycles. The molecule has 0 spiro atoms. The van der Waals surface area contributed by atoms with Crippen LogP contribution in [0.2, 0.25) is 0 Å². The second kappa shape index (κ2) is 5.01. The summed E-state index contributed by atoms with van der Waals surface area (Å²) in [5.74, 6) is 0.665. The van der Waals surface area contributed by atoms with Gasteiger partial charge in [0, 0.05) is 0 Å². The zero-order valence-electron chi connectivity index (χ0n) is 11.6. The molecule has 2 N–H and O–H groups in total. The van der Waals surface area contributed by atoms with E-state index < -0.39 is 12.0 Å². The monoisotopic (exact) mass is 290 g/mol. The number of carbonyl (C=O) groups is 2. The van der Waals surface area contributed by atoms with Crippen LogP contribution in [-0.4, -0.2) is 32.8 Å². The number of urea groups is 1. The molecule has 0 radical (unpaired) electrons. The first-order chi connectivity index (χ1) is 10.1. The highest BCUT2D eigenvalue weighted by molar-refractivity contribution is 5.97. The van der Waals surface area contributed by atoms with Crippen LogP contribution in [0, 0.1) is 0 Å². The van der Waals surface area contributed by atoms with Crippen LogP contribution in [0.3, 0.4) is 0 Å². The van der Waals surface area contributed by atoms with Crippen LogP contribution in [0.15, 0.2) is 29.5 Å². The molecule has 7 nitrogen and oxygen atoms in total. The quantitative estimate of drug-likeness (QED) is 0.807. The van der Waals surface area contributed by atoms with Crippen molar-refractivity contribution < 1.29 is 23.8 Å². The highest BCUT2D eigenvalue weighted by atomic mass is 16.5. The van der Waals surface area contributed by atoms with E-state index in [4.69, 9.17) is 14.2 Å². The van der Waals surface area contributed by atoms with Crippen molar-refractivity contribution in [3.05, 3.63) is 35.0 Å². The molecule has 110 valence electrons. The number of methoxy groups -OCH3 is 2. The highest BCUT2D eigenvalue weighted by Gasteiger charge is 2.38. The lowest BCUT2D eigenvalue weighted by Gasteiger charge is -2.25. The van der Waals surface area contributed by atoms with Crippen LogP contribution in [0.1, 0.15) is 11.6 Å². The van der Waals surface area contributed by atoms with Gasteiger partial charge in [-0.15, -0.1) is 0 Å². The Balaban J connectivity index is 2.04. The maximum absolute atomic E-state index is 11.8. The number of hydrogen-bond donors (Lipinski definition) is 2. The number of cyclic esters (lactones) is 1. The second-order valence-electron chi connectivity index (χ2n) is 4.61. The summed E-state index contributed by atoms with van der Waals surface area (Å²) in [7, 11) is 3.07. The van der Waals surface area contributed by atoms with Gasteiger partial charge in [0.1, 0.15) is 6.61 Å². The standard InChI is InChI=1S/C14H14N2O5/c1-19-9-4-3-7(5-10(9)20-2)12-11-8(6-21-13(11)17)15-14(18)16-12/h3-5,12H,6H2,1-2H3,(H2,15,16,18). The van der Waals surface area contributed by atoms with Gasteiger partial charge in [0.2, 0.25) is 0 Å². The molecule has 0 aliphatic carbocycles. The van der Waals surface area contributed by atoms with Crippen LogP contribution >= 0.6 is 0 Å². The molecule has 2 aliphatic rings. The molecule has 1 aromatic carbocycles. The number of rotatable bonds is 3. The fourth-order valence-electron chi connectivity index (χ4n) is 2.47. The Kier molecular flexibility index (Phi) is 3.17. The second-order valence-corrected chi connectivity index (χ2v) is 4.61. The molecular formula is C14H14N2O5. The summed E-state index contributed by atoms with van der Waals surface area (Å²) in [5, 5.41) is 5.31. The van der Waals surface area contributed by atoms with Crippen LogP contribution in [-0.2, 0) is 9.53 Å². The molecule has 0 fully saturated rings. The molecule has 1 unspecified atom stereocenters. The maximum atomic E-state index is 11.8. The topological polar surface area (TPSA) is 85.9 Å². The van der Waals surface area contributed by atoms with Crippen molar-refractivity contribution in [3.63, 3.8) is 0 Å². The minimum Gasteiger partial charge on any atom is -0.493 e. The van der Waals surface area contributed by atoms with Crippen molar-refractivity contribution >= 4 is 12.0 Å². The van der Waals surface area contributed by atoms with Gasteiger partial charge in [0.15, 0.2) is 11.5 Å². The molecule has 2 amide bonds. The Morgan fingerprint density at radius 2 is 1.95 bits per heavy atom. The molecule has 2 heterocycles. The predicted octanol–water partition coefficient (Wildman–Crippen LogP) is 0.869. The minimum atomic E-state index is -0.566. The Morgan fingerprint density at radius 1 is 1.19 bits per heavy atom. The summed E-state index contributed by atoms with van der Waals surface area (Å²) < 4.78 is 15.4. The van der Waals surface area contributed by atoms with E-state index in [0.29, 0.717) is 28.3 Å². The van der Waals surface area contributed by atoms with Gasteiger partial charge in [-0.05, 0) is 17.7 Å². The van der Waals surface area contributed by atoms with Crippen molar-refractivity contribution in [2.45, 2.75) is 6.04 Å². The molecule has 3 rings (SSSR count). The summed E-state index contributed by atoms with van der Waals surface area (Å²) in [6.07, 6.45) is 0. The average molecular weight is 290 g/mol. The lowest BCUT2D eigenvalue weighted by molar-refractivity contribution is -0.136. The Labute approximate surface area is 120 Å². The SMILES string of the molecule is COc1ccc(C2NC(=O)NC3=C2C(=O)OC3)cc1OC. The minimum absolute atomic E-state index is 0.0887. The van der Waals surface area contributed by atoms with Gasteiger partial charge in [-0.25, -0.2) is 9.59 Å². The highest BCUT2D eigenvalue weighted by Crippen LogP contribution is 2.35. The van der Waals surface area contributed by atoms with Crippen LogP contribution in [0.5, 0.6) is 11.5 Å². The summed E-state index contributed by atoms with van der Waals surface area (Å²) in [5.41, 5.74) is 1.64. The molecule has 0 saturated carbocycles. The molecule has 2 aliphatic heterocycles. The molecule has 1 aromatic rings. The Hall–Kier alpha value is -2.70. The van der Waals surface area contributed by atoms with Gasteiger partial charge in [0.25, 0.3) is 0 Å². The first kappa shape index (κ1) is 13.3. The van der Waals surface area contributed by atoms with E-state index >= 15 is 0 Å². The number of esters is 1. The number of nitrogens with one attached hydrogen (secondary N) is 2. The third kappa shape index (κ3) is 2.16. The van der Waals surface area contributed by atoms with E-state index in [9.17, 15) is 9.59 Å². The molecular weight excluding hydrogens is 276 g/mol. The van der Waals surface area contributed by atoms with Crippen LogP contribution in [0.4, 0.5) is 4.79 Å². The largest absolute Gasteiger partial charge is 0.493 e. The van der Waals surface area contributed by atoms with Crippen LogP contribution < -0.4 is 20.1 Å². The van der Waals surface area contributed by atoms with Gasteiger partial charge in [-0.1, -0.05) is 6.07 Å². The number of benzene rings is 1. The lowest BCUT2D eigenvalue weighted by atomic mass is 9.96. The number of carbonyl (C=O) groups excluding carboxylic acids is 2. The zero-order chi connectivity index (χ0) is 15.0. The summed E-state index contributed by atoms with van der Waals surface area (Å²) in [4.78, 5) is 23.5. The fourth-order valence-corrected chi connectivity index (χ4v) is 2.47. The van der Waals surface area contributed by atoms with Gasteiger partial charge in [-0.3, -0.25) is 0 Å². The number of amides is 2. The van der Waals surface area contributed by atoms with E-state index in [2.05, 4.69) is 10.6 Å². The third-order valence-corrected chi connectivity index (χ3v) is 3.46. The third-order valence-electron chi connectivity index (χ3n) is 3.46. The fraction of sp³-hybridized carbons (Fsp3) is 0.286. The van der Waals surface area contributed by atoms with Crippen LogP contribution in [0.25, 0.3) is 0 Å². The van der Waals surface area contributed by atoms with Gasteiger partial charge in [0.05, 0.1) is 31.5 Å². The first-order valence-electron chi connectivity index (χ1n) is 6.33.